The molecule has 2 saturated carbocycles. The van der Waals surface area contributed by atoms with Crippen molar-refractivity contribution in [1.29, 1.82) is 0 Å². The zero-order valence-electron chi connectivity index (χ0n) is 13.2. The van der Waals surface area contributed by atoms with Crippen molar-refractivity contribution in [1.82, 2.24) is 0 Å². The Kier molecular flexibility index (Phi) is 5.59. The predicted octanol–water partition coefficient (Wildman–Crippen LogP) is 4.53. The lowest BCUT2D eigenvalue weighted by atomic mass is 9.62. The molecule has 3 nitrogen and oxygen atoms in total. The highest BCUT2D eigenvalue weighted by Gasteiger charge is 2.53. The first kappa shape index (κ1) is 15.9. The lowest BCUT2D eigenvalue weighted by Gasteiger charge is -2.44. The first-order valence-electron chi connectivity index (χ1n) is 8.57. The number of unbranched alkanes of at least 4 members (excludes halogenated alkanes) is 1. The van der Waals surface area contributed by atoms with E-state index < -0.39 is 0 Å². The van der Waals surface area contributed by atoms with Gasteiger partial charge >= 0.3 is 0 Å². The summed E-state index contributed by atoms with van der Waals surface area (Å²) in [5.41, 5.74) is 0.0389. The molecule has 0 aromatic heterocycles. The number of aliphatic hydroxyl groups excluding tert-OH is 1. The minimum atomic E-state index is -0.189. The lowest BCUT2D eigenvalue weighted by molar-refractivity contribution is -0.0244. The molecule has 2 rings (SSSR count). The maximum absolute atomic E-state index is 11.0. The van der Waals surface area contributed by atoms with Gasteiger partial charge in [0.1, 0.15) is 0 Å². The second kappa shape index (κ2) is 7.02. The van der Waals surface area contributed by atoms with E-state index in [1.165, 1.54) is 32.1 Å². The van der Waals surface area contributed by atoms with Gasteiger partial charge in [-0.05, 0) is 49.9 Å². The molecule has 0 amide bonds. The topological polar surface area (TPSA) is 49.7 Å². The number of rotatable bonds is 7. The van der Waals surface area contributed by atoms with Crippen LogP contribution in [0.25, 0.3) is 0 Å². The SMILES string of the molecule is CC(C)CCCC[C@H]1CC[C@H]2[C@@H](O)CCC[C@]12CN=O. The highest BCUT2D eigenvalue weighted by Crippen LogP contribution is 2.57. The summed E-state index contributed by atoms with van der Waals surface area (Å²) >= 11 is 0. The van der Waals surface area contributed by atoms with Crippen molar-refractivity contribution in [2.45, 2.75) is 77.7 Å². The van der Waals surface area contributed by atoms with Crippen molar-refractivity contribution in [3.8, 4) is 0 Å². The van der Waals surface area contributed by atoms with Gasteiger partial charge in [0.05, 0.1) is 12.6 Å². The maximum atomic E-state index is 11.0. The average molecular weight is 281 g/mol. The van der Waals surface area contributed by atoms with Crippen LogP contribution in [0.5, 0.6) is 0 Å². The van der Waals surface area contributed by atoms with Gasteiger partial charge in [-0.3, -0.25) is 0 Å². The zero-order chi connectivity index (χ0) is 14.6. The number of nitrogens with zero attached hydrogens (tertiary/aromatic N) is 1. The Morgan fingerprint density at radius 3 is 2.75 bits per heavy atom. The molecule has 3 heteroatoms. The largest absolute Gasteiger partial charge is 0.393 e. The van der Waals surface area contributed by atoms with Gasteiger partial charge in [0.25, 0.3) is 0 Å². The second-order valence-corrected chi connectivity index (χ2v) is 7.54. The molecule has 0 aromatic carbocycles. The van der Waals surface area contributed by atoms with E-state index in [-0.39, 0.29) is 11.5 Å². The monoisotopic (exact) mass is 281 g/mol. The zero-order valence-corrected chi connectivity index (χ0v) is 13.2. The van der Waals surface area contributed by atoms with Gasteiger partial charge < -0.3 is 5.11 Å². The van der Waals surface area contributed by atoms with Crippen LogP contribution in [0.1, 0.15) is 71.6 Å². The van der Waals surface area contributed by atoms with E-state index in [9.17, 15) is 10.0 Å². The third-order valence-corrected chi connectivity index (χ3v) is 5.93. The Hall–Kier alpha value is -0.440. The van der Waals surface area contributed by atoms with Crippen molar-refractivity contribution < 1.29 is 5.11 Å². The van der Waals surface area contributed by atoms with Crippen molar-refractivity contribution >= 4 is 0 Å². The molecule has 0 aromatic rings. The molecule has 20 heavy (non-hydrogen) atoms. The molecule has 0 radical (unpaired) electrons. The summed E-state index contributed by atoms with van der Waals surface area (Å²) < 4.78 is 0. The van der Waals surface area contributed by atoms with Crippen LogP contribution in [0, 0.1) is 28.1 Å². The summed E-state index contributed by atoms with van der Waals surface area (Å²) in [4.78, 5) is 11.0. The summed E-state index contributed by atoms with van der Waals surface area (Å²) in [6, 6.07) is 0. The van der Waals surface area contributed by atoms with Crippen LogP contribution in [-0.4, -0.2) is 17.8 Å². The number of hydrogen-bond acceptors (Lipinski definition) is 3. The molecule has 116 valence electrons. The first-order chi connectivity index (χ1) is 9.60. The van der Waals surface area contributed by atoms with E-state index in [4.69, 9.17) is 0 Å². The first-order valence-corrected chi connectivity index (χ1v) is 8.57. The van der Waals surface area contributed by atoms with Gasteiger partial charge in [0.2, 0.25) is 0 Å². The summed E-state index contributed by atoms with van der Waals surface area (Å²) in [6.45, 7) is 4.99. The van der Waals surface area contributed by atoms with Crippen LogP contribution < -0.4 is 0 Å². The summed E-state index contributed by atoms with van der Waals surface area (Å²) in [5.74, 6) is 1.74. The van der Waals surface area contributed by atoms with Crippen molar-refractivity contribution in [2.75, 3.05) is 6.54 Å². The number of fused-ring (bicyclic) bond motifs is 1. The third-order valence-electron chi connectivity index (χ3n) is 5.93. The Morgan fingerprint density at radius 2 is 2.05 bits per heavy atom. The molecule has 1 N–H and O–H groups in total. The van der Waals surface area contributed by atoms with Crippen LogP contribution in [0.2, 0.25) is 0 Å². The van der Waals surface area contributed by atoms with Crippen molar-refractivity contribution in [2.24, 2.45) is 28.3 Å². The molecule has 4 atom stereocenters. The van der Waals surface area contributed by atoms with Crippen LogP contribution in [0.4, 0.5) is 0 Å². The van der Waals surface area contributed by atoms with E-state index in [0.717, 1.165) is 31.6 Å². The Labute approximate surface area is 123 Å². The maximum Gasteiger partial charge on any atom is 0.0873 e. The minimum Gasteiger partial charge on any atom is -0.393 e. The molecule has 0 heterocycles. The lowest BCUT2D eigenvalue weighted by Crippen LogP contribution is -2.44. The third kappa shape index (κ3) is 3.24. The molecule has 0 bridgehead atoms. The van der Waals surface area contributed by atoms with E-state index in [0.29, 0.717) is 18.4 Å². The fourth-order valence-electron chi connectivity index (χ4n) is 4.89. The normalized spacial score (nSPS) is 37.1. The molecule has 2 aliphatic rings. The number of nitroso groups, excluding NO2 is 1. The highest BCUT2D eigenvalue weighted by atomic mass is 16.3. The molecular formula is C17H31NO2. The standard InChI is InChI=1S/C17H31NO2/c1-13(2)6-3-4-7-14-9-10-15-16(19)8-5-11-17(14,15)12-18-20/h13-16,19H,3-12H2,1-2H3/t14-,15-,16-,17-/m0/s1. The summed E-state index contributed by atoms with van der Waals surface area (Å²) in [6.07, 6.45) is 10.3. The average Bonchev–Trinajstić information content (AvgIpc) is 2.75. The Morgan fingerprint density at radius 1 is 1.25 bits per heavy atom. The van der Waals surface area contributed by atoms with E-state index in [1.807, 2.05) is 0 Å². The van der Waals surface area contributed by atoms with Gasteiger partial charge in [-0.1, -0.05) is 44.7 Å². The molecule has 2 fully saturated rings. The molecule has 0 saturated heterocycles. The quantitative estimate of drug-likeness (QED) is 0.550. The van der Waals surface area contributed by atoms with Crippen LogP contribution >= 0.6 is 0 Å². The van der Waals surface area contributed by atoms with E-state index in [1.54, 1.807) is 0 Å². The van der Waals surface area contributed by atoms with Gasteiger partial charge in [-0.25, -0.2) is 0 Å². The summed E-state index contributed by atoms with van der Waals surface area (Å²) in [7, 11) is 0. The summed E-state index contributed by atoms with van der Waals surface area (Å²) in [5, 5.41) is 13.6. The Bertz CT molecular complexity index is 318. The van der Waals surface area contributed by atoms with Crippen molar-refractivity contribution in [3.63, 3.8) is 0 Å². The number of aliphatic hydroxyl groups is 1. The van der Waals surface area contributed by atoms with Crippen LogP contribution in [0.3, 0.4) is 0 Å². The minimum absolute atomic E-state index is 0.0389. The van der Waals surface area contributed by atoms with Gasteiger partial charge in [0, 0.05) is 5.41 Å². The molecule has 2 aliphatic carbocycles. The van der Waals surface area contributed by atoms with Gasteiger partial charge in [-0.15, -0.1) is 0 Å². The van der Waals surface area contributed by atoms with E-state index in [2.05, 4.69) is 19.0 Å². The van der Waals surface area contributed by atoms with Gasteiger partial charge in [-0.2, -0.15) is 4.91 Å². The molecular weight excluding hydrogens is 250 g/mol. The predicted molar refractivity (Wildman–Crippen MR) is 82.5 cm³/mol. The Balaban J connectivity index is 1.95. The van der Waals surface area contributed by atoms with E-state index >= 15 is 0 Å². The molecule has 0 aliphatic heterocycles. The highest BCUT2D eigenvalue weighted by molar-refractivity contribution is 5.03. The van der Waals surface area contributed by atoms with Gasteiger partial charge in [0.15, 0.2) is 0 Å². The second-order valence-electron chi connectivity index (χ2n) is 7.54. The fraction of sp³-hybridized carbons (Fsp3) is 1.00. The molecule has 0 unspecified atom stereocenters. The smallest absolute Gasteiger partial charge is 0.0873 e. The van der Waals surface area contributed by atoms with Crippen molar-refractivity contribution in [3.05, 3.63) is 4.91 Å². The fourth-order valence-corrected chi connectivity index (χ4v) is 4.89. The number of hydrogen-bond donors (Lipinski definition) is 1. The van der Waals surface area contributed by atoms with Crippen LogP contribution in [0.15, 0.2) is 5.18 Å². The molecule has 0 spiro atoms. The van der Waals surface area contributed by atoms with Crippen LogP contribution in [-0.2, 0) is 0 Å².